The first-order chi connectivity index (χ1) is 31.3. The number of rotatable bonds is 6. The first-order valence-electron chi connectivity index (χ1n) is 21.8. The van der Waals surface area contributed by atoms with Crippen LogP contribution in [0.2, 0.25) is 0 Å². The zero-order valence-corrected chi connectivity index (χ0v) is 34.5. The number of fused-ring (bicyclic) bond motifs is 14. The highest BCUT2D eigenvalue weighted by atomic mass is 15.1. The molecule has 63 heavy (non-hydrogen) atoms. The van der Waals surface area contributed by atoms with Gasteiger partial charge in [-0.15, -0.1) is 0 Å². The van der Waals surface area contributed by atoms with E-state index in [1.807, 2.05) is 0 Å². The number of hydrogen-bond acceptors (Lipinski definition) is 2. The van der Waals surface area contributed by atoms with E-state index in [2.05, 4.69) is 252 Å². The number of para-hydroxylation sites is 2. The molecule has 0 radical (unpaired) electrons. The predicted octanol–water partition coefficient (Wildman–Crippen LogP) is 16.4. The smallest absolute Gasteiger partial charge is 0.0726 e. The normalized spacial score (nSPS) is 14.4. The molecule has 2 heteroatoms. The lowest BCUT2D eigenvalue weighted by Crippen LogP contribution is -2.26. The van der Waals surface area contributed by atoms with Gasteiger partial charge in [0.25, 0.3) is 0 Å². The van der Waals surface area contributed by atoms with E-state index in [4.69, 9.17) is 0 Å². The average molecular weight is 801 g/mol. The molecule has 11 aromatic carbocycles. The van der Waals surface area contributed by atoms with Crippen molar-refractivity contribution < 1.29 is 0 Å². The van der Waals surface area contributed by atoms with Crippen molar-refractivity contribution in [2.75, 3.05) is 9.80 Å². The molecule has 0 saturated carbocycles. The molecule has 2 nitrogen and oxygen atoms in total. The lowest BCUT2D eigenvalue weighted by atomic mass is 9.70. The molecule has 11 aromatic rings. The number of nitrogens with zero attached hydrogens (tertiary/aromatic N) is 2. The fourth-order valence-electron chi connectivity index (χ4n) is 11.0. The van der Waals surface area contributed by atoms with Gasteiger partial charge >= 0.3 is 0 Å². The van der Waals surface area contributed by atoms with E-state index in [1.54, 1.807) is 0 Å². The van der Waals surface area contributed by atoms with E-state index in [0.717, 1.165) is 34.1 Å². The van der Waals surface area contributed by atoms with Gasteiger partial charge in [0.1, 0.15) is 0 Å². The Hall–Kier alpha value is -8.20. The van der Waals surface area contributed by atoms with Crippen molar-refractivity contribution in [3.05, 3.63) is 265 Å². The van der Waals surface area contributed by atoms with Crippen LogP contribution in [0.1, 0.15) is 22.3 Å². The Bertz CT molecular complexity index is 3590. The Balaban J connectivity index is 1.09. The molecule has 0 bridgehead atoms. The van der Waals surface area contributed by atoms with E-state index in [-0.39, 0.29) is 0 Å². The van der Waals surface area contributed by atoms with Gasteiger partial charge in [-0.1, -0.05) is 176 Å². The van der Waals surface area contributed by atoms with Crippen LogP contribution in [0.15, 0.2) is 243 Å². The molecule has 1 spiro atoms. The van der Waals surface area contributed by atoms with Crippen molar-refractivity contribution in [1.82, 2.24) is 0 Å². The fraction of sp³-hybridized carbons (Fsp3) is 0.0164. The summed E-state index contributed by atoms with van der Waals surface area (Å²) in [4.78, 5) is 4.88. The van der Waals surface area contributed by atoms with Gasteiger partial charge in [-0.3, -0.25) is 0 Å². The maximum Gasteiger partial charge on any atom is 0.0726 e. The van der Waals surface area contributed by atoms with Gasteiger partial charge in [-0.2, -0.15) is 0 Å². The highest BCUT2D eigenvalue weighted by Gasteiger charge is 2.52. The summed E-state index contributed by atoms with van der Waals surface area (Å²) < 4.78 is 0. The first-order valence-corrected chi connectivity index (χ1v) is 21.8. The molecule has 0 aromatic heterocycles. The third-order valence-corrected chi connectivity index (χ3v) is 13.6. The second kappa shape index (κ2) is 13.9. The Morgan fingerprint density at radius 3 is 1.38 bits per heavy atom. The predicted molar refractivity (Wildman–Crippen MR) is 265 cm³/mol. The van der Waals surface area contributed by atoms with Crippen LogP contribution in [0.25, 0.3) is 54.6 Å². The summed E-state index contributed by atoms with van der Waals surface area (Å²) in [6.45, 7) is 0. The van der Waals surface area contributed by atoms with Crippen molar-refractivity contribution in [3.8, 4) is 22.3 Å². The molecule has 0 heterocycles. The summed E-state index contributed by atoms with van der Waals surface area (Å²) in [6, 6.07) is 89.7. The molecule has 0 fully saturated rings. The molecule has 294 valence electrons. The van der Waals surface area contributed by atoms with Gasteiger partial charge in [-0.05, 0) is 138 Å². The molecule has 0 saturated heterocycles. The van der Waals surface area contributed by atoms with Crippen LogP contribution in [0.5, 0.6) is 0 Å². The topological polar surface area (TPSA) is 6.48 Å². The third kappa shape index (κ3) is 5.25. The monoisotopic (exact) mass is 800 g/mol. The van der Waals surface area contributed by atoms with Gasteiger partial charge in [0.05, 0.1) is 11.1 Å². The first kappa shape index (κ1) is 35.5. The third-order valence-electron chi connectivity index (χ3n) is 13.6. The molecule has 1 unspecified atom stereocenters. The van der Waals surface area contributed by atoms with E-state index in [1.165, 1.54) is 76.8 Å². The van der Waals surface area contributed by atoms with Gasteiger partial charge < -0.3 is 9.80 Å². The van der Waals surface area contributed by atoms with Crippen LogP contribution in [0, 0.1) is 0 Å². The molecule has 2 aliphatic carbocycles. The number of benzene rings is 11. The SMILES string of the molecule is c1ccc(N(c2ccc3c(c2)-c2ccccc2C32c3ccccc3-c3c2cc(N(c2ccccc2)c2ccc4ccccc4c2)c2ccccc32)c2ccc3ccccc3c2)cc1. The quantitative estimate of drug-likeness (QED) is 0.165. The van der Waals surface area contributed by atoms with Crippen LogP contribution < -0.4 is 9.80 Å². The zero-order valence-electron chi connectivity index (χ0n) is 34.5. The van der Waals surface area contributed by atoms with Gasteiger partial charge in [0.15, 0.2) is 0 Å². The Labute approximate surface area is 367 Å². The van der Waals surface area contributed by atoms with Crippen molar-refractivity contribution in [2.24, 2.45) is 0 Å². The molecule has 2 aliphatic rings. The van der Waals surface area contributed by atoms with Crippen molar-refractivity contribution >= 4 is 66.4 Å². The molecular weight excluding hydrogens is 761 g/mol. The van der Waals surface area contributed by atoms with Crippen LogP contribution in [0.3, 0.4) is 0 Å². The van der Waals surface area contributed by atoms with E-state index >= 15 is 0 Å². The molecule has 13 rings (SSSR count). The largest absolute Gasteiger partial charge is 0.310 e. The number of anilines is 6. The lowest BCUT2D eigenvalue weighted by Gasteiger charge is -2.33. The van der Waals surface area contributed by atoms with Crippen LogP contribution >= 0.6 is 0 Å². The maximum atomic E-state index is 2.53. The van der Waals surface area contributed by atoms with Crippen molar-refractivity contribution in [2.45, 2.75) is 5.41 Å². The van der Waals surface area contributed by atoms with Gasteiger partial charge in [-0.25, -0.2) is 0 Å². The van der Waals surface area contributed by atoms with Crippen molar-refractivity contribution in [1.29, 1.82) is 0 Å². The van der Waals surface area contributed by atoms with Gasteiger partial charge in [0.2, 0.25) is 0 Å². The molecule has 0 aliphatic heterocycles. The highest BCUT2D eigenvalue weighted by molar-refractivity contribution is 6.12. The molecule has 0 N–H and O–H groups in total. The Morgan fingerprint density at radius 1 is 0.254 bits per heavy atom. The van der Waals surface area contributed by atoms with Gasteiger partial charge in [0, 0.05) is 33.8 Å². The molecule has 0 amide bonds. The van der Waals surface area contributed by atoms with E-state index in [0.29, 0.717) is 0 Å². The van der Waals surface area contributed by atoms with Crippen molar-refractivity contribution in [3.63, 3.8) is 0 Å². The lowest BCUT2D eigenvalue weighted by molar-refractivity contribution is 0.794. The van der Waals surface area contributed by atoms with Crippen LogP contribution in [0.4, 0.5) is 34.1 Å². The zero-order chi connectivity index (χ0) is 41.5. The molecule has 1 atom stereocenters. The van der Waals surface area contributed by atoms with E-state index < -0.39 is 5.41 Å². The second-order valence-corrected chi connectivity index (χ2v) is 16.8. The maximum absolute atomic E-state index is 2.53. The van der Waals surface area contributed by atoms with Crippen LogP contribution in [-0.2, 0) is 5.41 Å². The summed E-state index contributed by atoms with van der Waals surface area (Å²) in [5, 5.41) is 7.37. The summed E-state index contributed by atoms with van der Waals surface area (Å²) in [5.41, 5.74) is 16.6. The standard InChI is InChI=1S/C61H40N2/c1-3-21-45(22-4-1)62(47-33-31-41-17-7-9-19-43(41)37-47)49-35-36-57-54(39-49)50-25-13-15-29-55(50)61(57)56-30-16-14-28-53(56)60-52-27-12-11-26-51(52)59(40-58(60)61)63(46-23-5-2-6-24-46)48-34-32-42-18-8-10-20-44(42)38-48/h1-40H. The summed E-state index contributed by atoms with van der Waals surface area (Å²) in [6.07, 6.45) is 0. The second-order valence-electron chi connectivity index (χ2n) is 16.8. The Kier molecular flexibility index (Phi) is 7.85. The highest BCUT2D eigenvalue weighted by Crippen LogP contribution is 2.65. The number of hydrogen-bond donors (Lipinski definition) is 0. The minimum absolute atomic E-state index is 0.554. The fourth-order valence-corrected chi connectivity index (χ4v) is 11.0. The average Bonchev–Trinajstić information content (AvgIpc) is 3.82. The molecular formula is C61H40N2. The minimum Gasteiger partial charge on any atom is -0.310 e. The minimum atomic E-state index is -0.554. The van der Waals surface area contributed by atoms with E-state index in [9.17, 15) is 0 Å². The summed E-state index contributed by atoms with van der Waals surface area (Å²) in [5.74, 6) is 0. The Morgan fingerprint density at radius 2 is 0.714 bits per heavy atom. The summed E-state index contributed by atoms with van der Waals surface area (Å²) in [7, 11) is 0. The summed E-state index contributed by atoms with van der Waals surface area (Å²) >= 11 is 0. The van der Waals surface area contributed by atoms with Crippen LogP contribution in [-0.4, -0.2) is 0 Å².